The van der Waals surface area contributed by atoms with Crippen molar-refractivity contribution in [2.24, 2.45) is 0 Å². The van der Waals surface area contributed by atoms with Crippen molar-refractivity contribution in [1.82, 2.24) is 0 Å². The van der Waals surface area contributed by atoms with Gasteiger partial charge in [0.05, 0.1) is 0 Å². The summed E-state index contributed by atoms with van der Waals surface area (Å²) >= 11 is 0. The van der Waals surface area contributed by atoms with Gasteiger partial charge >= 0.3 is 6.09 Å². The van der Waals surface area contributed by atoms with E-state index in [1.807, 2.05) is 51.1 Å². The summed E-state index contributed by atoms with van der Waals surface area (Å²) in [5.74, 6) is 0. The number of carbonyl (C=O) groups excluding carboxylic acids is 1. The molecule has 0 saturated carbocycles. The first-order chi connectivity index (χ1) is 8.42. The molecule has 0 spiro atoms. The zero-order chi connectivity index (χ0) is 13.6. The highest BCUT2D eigenvalue weighted by atomic mass is 16.6. The van der Waals surface area contributed by atoms with E-state index in [2.05, 4.69) is 11.9 Å². The second-order valence-corrected chi connectivity index (χ2v) is 5.11. The van der Waals surface area contributed by atoms with Crippen LogP contribution in [0.5, 0.6) is 0 Å². The molecule has 1 N–H and O–H groups in total. The Bertz CT molecular complexity index is 419. The van der Waals surface area contributed by atoms with E-state index in [1.165, 1.54) is 0 Å². The van der Waals surface area contributed by atoms with Crippen LogP contribution in [-0.2, 0) is 11.2 Å². The number of amides is 1. The Morgan fingerprint density at radius 3 is 2.67 bits per heavy atom. The first kappa shape index (κ1) is 14.3. The van der Waals surface area contributed by atoms with E-state index in [0.29, 0.717) is 0 Å². The summed E-state index contributed by atoms with van der Waals surface area (Å²) in [7, 11) is 0. The van der Waals surface area contributed by atoms with Gasteiger partial charge in [0.1, 0.15) is 5.60 Å². The highest BCUT2D eigenvalue weighted by Gasteiger charge is 2.16. The maximum atomic E-state index is 11.7. The second kappa shape index (κ2) is 6.24. The summed E-state index contributed by atoms with van der Waals surface area (Å²) in [6.45, 7) is 9.23. The van der Waals surface area contributed by atoms with Gasteiger partial charge in [-0.25, -0.2) is 4.79 Å². The monoisotopic (exact) mass is 247 g/mol. The molecule has 3 nitrogen and oxygen atoms in total. The van der Waals surface area contributed by atoms with E-state index in [1.54, 1.807) is 0 Å². The quantitative estimate of drug-likeness (QED) is 0.811. The van der Waals surface area contributed by atoms with Crippen LogP contribution in [0.25, 0.3) is 0 Å². The molecule has 0 aliphatic heterocycles. The number of rotatable bonds is 4. The Morgan fingerprint density at radius 1 is 1.39 bits per heavy atom. The zero-order valence-electron chi connectivity index (χ0n) is 11.3. The standard InChI is InChI=1S/C15H21NO2/c1-5-6-9-12-10-7-8-11-13(12)16-14(17)18-15(2,3)4/h5,7-8,10-11H,1,6,9H2,2-4H3,(H,16,17). The zero-order valence-corrected chi connectivity index (χ0v) is 11.3. The molecule has 1 rings (SSSR count). The first-order valence-corrected chi connectivity index (χ1v) is 6.11. The van der Waals surface area contributed by atoms with Crippen LogP contribution in [0.2, 0.25) is 0 Å². The average molecular weight is 247 g/mol. The minimum absolute atomic E-state index is 0.423. The number of hydrogen-bond donors (Lipinski definition) is 1. The van der Waals surface area contributed by atoms with Gasteiger partial charge < -0.3 is 4.74 Å². The maximum Gasteiger partial charge on any atom is 0.412 e. The molecule has 0 aromatic heterocycles. The summed E-state index contributed by atoms with van der Waals surface area (Å²) in [6.07, 6.45) is 3.18. The van der Waals surface area contributed by atoms with E-state index in [0.717, 1.165) is 24.1 Å². The van der Waals surface area contributed by atoms with Gasteiger partial charge in [-0.15, -0.1) is 6.58 Å². The summed E-state index contributed by atoms with van der Waals surface area (Å²) < 4.78 is 5.23. The van der Waals surface area contributed by atoms with Crippen LogP contribution in [0.1, 0.15) is 32.8 Å². The SMILES string of the molecule is C=CCCc1ccccc1NC(=O)OC(C)(C)C. The van der Waals surface area contributed by atoms with Gasteiger partial charge in [0.25, 0.3) is 0 Å². The molecule has 98 valence electrons. The van der Waals surface area contributed by atoms with Crippen LogP contribution in [-0.4, -0.2) is 11.7 Å². The van der Waals surface area contributed by atoms with Crippen molar-refractivity contribution in [3.63, 3.8) is 0 Å². The molecule has 0 radical (unpaired) electrons. The van der Waals surface area contributed by atoms with Gasteiger partial charge in [0.15, 0.2) is 0 Å². The summed E-state index contributed by atoms with van der Waals surface area (Å²) in [5, 5.41) is 2.78. The van der Waals surface area contributed by atoms with Crippen LogP contribution in [0, 0.1) is 0 Å². The van der Waals surface area contributed by atoms with Crippen LogP contribution in [0.4, 0.5) is 10.5 Å². The summed E-state index contributed by atoms with van der Waals surface area (Å²) in [6, 6.07) is 7.72. The number of para-hydroxylation sites is 1. The average Bonchev–Trinajstić information content (AvgIpc) is 2.25. The number of ether oxygens (including phenoxy) is 1. The Labute approximate surface area is 109 Å². The highest BCUT2D eigenvalue weighted by molar-refractivity contribution is 5.85. The fraction of sp³-hybridized carbons (Fsp3) is 0.400. The lowest BCUT2D eigenvalue weighted by Gasteiger charge is -2.20. The van der Waals surface area contributed by atoms with Gasteiger partial charge in [0, 0.05) is 5.69 Å². The Morgan fingerprint density at radius 2 is 2.06 bits per heavy atom. The molecule has 0 atom stereocenters. The molecule has 0 fully saturated rings. The van der Waals surface area contributed by atoms with Crippen LogP contribution < -0.4 is 5.32 Å². The van der Waals surface area contributed by atoms with Crippen molar-refractivity contribution in [1.29, 1.82) is 0 Å². The van der Waals surface area contributed by atoms with Crippen LogP contribution in [0.15, 0.2) is 36.9 Å². The molecule has 0 heterocycles. The van der Waals surface area contributed by atoms with Crippen molar-refractivity contribution in [3.05, 3.63) is 42.5 Å². The van der Waals surface area contributed by atoms with Crippen molar-refractivity contribution < 1.29 is 9.53 Å². The van der Waals surface area contributed by atoms with E-state index < -0.39 is 11.7 Å². The number of benzene rings is 1. The van der Waals surface area contributed by atoms with Crippen molar-refractivity contribution >= 4 is 11.8 Å². The molecule has 1 amide bonds. The minimum atomic E-state index is -0.486. The van der Waals surface area contributed by atoms with E-state index in [-0.39, 0.29) is 0 Å². The fourth-order valence-corrected chi connectivity index (χ4v) is 1.53. The molecular formula is C15H21NO2. The summed E-state index contributed by atoms with van der Waals surface area (Å²) in [5.41, 5.74) is 1.40. The molecule has 0 saturated heterocycles. The largest absolute Gasteiger partial charge is 0.444 e. The molecule has 0 bridgehead atoms. The predicted octanol–water partition coefficient (Wildman–Crippen LogP) is 4.15. The van der Waals surface area contributed by atoms with E-state index in [9.17, 15) is 4.79 Å². The molecule has 0 aliphatic carbocycles. The molecule has 3 heteroatoms. The Hall–Kier alpha value is -1.77. The van der Waals surface area contributed by atoms with Gasteiger partial charge in [-0.3, -0.25) is 5.32 Å². The van der Waals surface area contributed by atoms with Gasteiger partial charge in [-0.2, -0.15) is 0 Å². The number of nitrogens with one attached hydrogen (secondary N) is 1. The smallest absolute Gasteiger partial charge is 0.412 e. The lowest BCUT2D eigenvalue weighted by Crippen LogP contribution is -2.27. The van der Waals surface area contributed by atoms with Crippen LogP contribution in [0.3, 0.4) is 0 Å². The lowest BCUT2D eigenvalue weighted by molar-refractivity contribution is 0.0636. The number of anilines is 1. The molecule has 0 aliphatic rings. The molecule has 1 aromatic rings. The van der Waals surface area contributed by atoms with E-state index >= 15 is 0 Å². The second-order valence-electron chi connectivity index (χ2n) is 5.11. The van der Waals surface area contributed by atoms with Crippen molar-refractivity contribution in [3.8, 4) is 0 Å². The molecule has 1 aromatic carbocycles. The lowest BCUT2D eigenvalue weighted by atomic mass is 10.1. The van der Waals surface area contributed by atoms with Gasteiger partial charge in [-0.05, 0) is 45.2 Å². The summed E-state index contributed by atoms with van der Waals surface area (Å²) in [4.78, 5) is 11.7. The Kier molecular flexibility index (Phi) is 4.95. The van der Waals surface area contributed by atoms with E-state index in [4.69, 9.17) is 4.74 Å². The Balaban J connectivity index is 2.71. The normalized spacial score (nSPS) is 10.8. The van der Waals surface area contributed by atoms with Gasteiger partial charge in [0.2, 0.25) is 0 Å². The van der Waals surface area contributed by atoms with Crippen molar-refractivity contribution in [2.45, 2.75) is 39.2 Å². The molecule has 18 heavy (non-hydrogen) atoms. The van der Waals surface area contributed by atoms with Crippen LogP contribution >= 0.6 is 0 Å². The molecular weight excluding hydrogens is 226 g/mol. The first-order valence-electron chi connectivity index (χ1n) is 6.11. The molecule has 0 unspecified atom stereocenters. The number of aryl methyl sites for hydroxylation is 1. The fourth-order valence-electron chi connectivity index (χ4n) is 1.53. The highest BCUT2D eigenvalue weighted by Crippen LogP contribution is 2.18. The maximum absolute atomic E-state index is 11.7. The third-order valence-electron chi connectivity index (χ3n) is 2.27. The predicted molar refractivity (Wildman–Crippen MR) is 74.8 cm³/mol. The number of carbonyl (C=O) groups is 1. The minimum Gasteiger partial charge on any atom is -0.444 e. The number of allylic oxidation sites excluding steroid dienone is 1. The van der Waals surface area contributed by atoms with Gasteiger partial charge in [-0.1, -0.05) is 24.3 Å². The number of hydrogen-bond acceptors (Lipinski definition) is 2. The third kappa shape index (κ3) is 5.04. The van der Waals surface area contributed by atoms with Crippen molar-refractivity contribution in [2.75, 3.05) is 5.32 Å². The third-order valence-corrected chi connectivity index (χ3v) is 2.27. The topological polar surface area (TPSA) is 38.3 Å².